The highest BCUT2D eigenvalue weighted by Crippen LogP contribution is 2.35. The molecule has 1 amide bonds. The van der Waals surface area contributed by atoms with Gasteiger partial charge < -0.3 is 14.8 Å². The Bertz CT molecular complexity index is 1120. The number of rotatable bonds is 8. The van der Waals surface area contributed by atoms with Crippen LogP contribution in [0.5, 0.6) is 11.5 Å². The molecule has 11 heteroatoms. The molecule has 7 nitrogen and oxygen atoms in total. The minimum Gasteiger partial charge on any atom is -0.493 e. The predicted octanol–water partition coefficient (Wildman–Crippen LogP) is 4.37. The zero-order valence-electron chi connectivity index (χ0n) is 18.9. The van der Waals surface area contributed by atoms with Crippen molar-refractivity contribution in [2.24, 2.45) is 0 Å². The van der Waals surface area contributed by atoms with E-state index >= 15 is 0 Å². The Kier molecular flexibility index (Phi) is 7.96. The second-order valence-electron chi connectivity index (χ2n) is 7.98. The average molecular weight is 501 g/mol. The number of methoxy groups -OCH3 is 2. The molecule has 2 aromatic rings. The molecule has 0 radical (unpaired) electrons. The van der Waals surface area contributed by atoms with E-state index < -0.39 is 34.2 Å². The maximum Gasteiger partial charge on any atom is 0.416 e. The second-order valence-corrected chi connectivity index (χ2v) is 9.84. The van der Waals surface area contributed by atoms with E-state index in [-0.39, 0.29) is 28.1 Å². The molecular weight excluding hydrogens is 473 g/mol. The van der Waals surface area contributed by atoms with Gasteiger partial charge in [0.25, 0.3) is 10.0 Å². The number of sulfonamides is 1. The molecule has 186 valence electrons. The van der Waals surface area contributed by atoms with Crippen LogP contribution in [-0.4, -0.2) is 41.1 Å². The normalized spacial score (nSPS) is 15.0. The van der Waals surface area contributed by atoms with Crippen molar-refractivity contribution >= 4 is 21.6 Å². The molecular formula is C23H27F3N2O5S. The van der Waals surface area contributed by atoms with Crippen LogP contribution in [0.3, 0.4) is 0 Å². The van der Waals surface area contributed by atoms with Crippen molar-refractivity contribution in [1.82, 2.24) is 5.32 Å². The van der Waals surface area contributed by atoms with Gasteiger partial charge in [0.05, 0.1) is 30.4 Å². The number of amides is 1. The molecule has 0 atom stereocenters. The SMILES string of the molecule is COc1ccc(S(=O)(=O)N(CC(=O)NC2CCCCC2)c2cccc(C(F)(F)F)c2)cc1OC. The topological polar surface area (TPSA) is 84.9 Å². The number of carbonyl (C=O) groups excluding carboxylic acids is 1. The molecule has 0 bridgehead atoms. The fourth-order valence-electron chi connectivity index (χ4n) is 3.91. The number of carbonyl (C=O) groups is 1. The van der Waals surface area contributed by atoms with Gasteiger partial charge in [-0.25, -0.2) is 8.42 Å². The summed E-state index contributed by atoms with van der Waals surface area (Å²) >= 11 is 0. The number of anilines is 1. The lowest BCUT2D eigenvalue weighted by atomic mass is 9.95. The molecule has 0 heterocycles. The molecule has 3 rings (SSSR count). The Labute approximate surface area is 196 Å². The molecule has 0 spiro atoms. The van der Waals surface area contributed by atoms with Crippen LogP contribution in [-0.2, 0) is 21.0 Å². The van der Waals surface area contributed by atoms with E-state index in [1.807, 2.05) is 0 Å². The number of alkyl halides is 3. The molecule has 0 saturated heterocycles. The summed E-state index contributed by atoms with van der Waals surface area (Å²) in [6, 6.07) is 7.62. The third-order valence-corrected chi connectivity index (χ3v) is 7.43. The number of halogens is 3. The van der Waals surface area contributed by atoms with Crippen molar-refractivity contribution in [1.29, 1.82) is 0 Å². The molecule has 0 aromatic heterocycles. The Morgan fingerprint density at radius 3 is 2.32 bits per heavy atom. The van der Waals surface area contributed by atoms with Crippen LogP contribution in [0, 0.1) is 0 Å². The first-order valence-corrected chi connectivity index (χ1v) is 12.2. The maximum atomic E-state index is 13.6. The third kappa shape index (κ3) is 5.94. The lowest BCUT2D eigenvalue weighted by Gasteiger charge is -2.27. The fraction of sp³-hybridized carbons (Fsp3) is 0.435. The third-order valence-electron chi connectivity index (χ3n) is 5.66. The van der Waals surface area contributed by atoms with Crippen molar-refractivity contribution in [3.63, 3.8) is 0 Å². The highest BCUT2D eigenvalue weighted by molar-refractivity contribution is 7.92. The van der Waals surface area contributed by atoms with Crippen LogP contribution in [0.2, 0.25) is 0 Å². The first kappa shape index (κ1) is 25.7. The monoisotopic (exact) mass is 500 g/mol. The lowest BCUT2D eigenvalue weighted by molar-refractivity contribution is -0.137. The van der Waals surface area contributed by atoms with Crippen LogP contribution < -0.4 is 19.1 Å². The van der Waals surface area contributed by atoms with E-state index in [1.165, 1.54) is 38.5 Å². The standard InChI is InChI=1S/C23H27F3N2O5S/c1-32-20-12-11-19(14-21(20)33-2)34(30,31)28(15-22(29)27-17-8-4-3-5-9-17)18-10-6-7-16(13-18)23(24,25)26/h6-7,10-14,17H,3-5,8-9,15H2,1-2H3,(H,27,29). The quantitative estimate of drug-likeness (QED) is 0.582. The predicted molar refractivity (Wildman–Crippen MR) is 121 cm³/mol. The Morgan fingerprint density at radius 1 is 1.03 bits per heavy atom. The summed E-state index contributed by atoms with van der Waals surface area (Å²) in [4.78, 5) is 12.5. The van der Waals surface area contributed by atoms with Crippen LogP contribution in [0.15, 0.2) is 47.4 Å². The summed E-state index contributed by atoms with van der Waals surface area (Å²) in [5, 5.41) is 2.82. The van der Waals surface area contributed by atoms with Crippen molar-refractivity contribution in [2.75, 3.05) is 25.1 Å². The number of benzene rings is 2. The zero-order valence-corrected chi connectivity index (χ0v) is 19.7. The number of hydrogen-bond donors (Lipinski definition) is 1. The van der Waals surface area contributed by atoms with E-state index in [4.69, 9.17) is 9.47 Å². The molecule has 1 aliphatic carbocycles. The van der Waals surface area contributed by atoms with Gasteiger partial charge in [0, 0.05) is 12.1 Å². The lowest BCUT2D eigenvalue weighted by Crippen LogP contribution is -2.45. The highest BCUT2D eigenvalue weighted by Gasteiger charge is 2.34. The van der Waals surface area contributed by atoms with Gasteiger partial charge in [-0.1, -0.05) is 25.3 Å². The van der Waals surface area contributed by atoms with Crippen LogP contribution in [0.1, 0.15) is 37.7 Å². The van der Waals surface area contributed by atoms with E-state index in [0.717, 1.165) is 44.2 Å². The van der Waals surface area contributed by atoms with Gasteiger partial charge in [0.15, 0.2) is 11.5 Å². The van der Waals surface area contributed by atoms with E-state index in [1.54, 1.807) is 0 Å². The van der Waals surface area contributed by atoms with Gasteiger partial charge in [-0.3, -0.25) is 9.10 Å². The summed E-state index contributed by atoms with van der Waals surface area (Å²) in [6.45, 7) is -0.672. The molecule has 1 fully saturated rings. The van der Waals surface area contributed by atoms with E-state index in [9.17, 15) is 26.4 Å². The van der Waals surface area contributed by atoms with Crippen LogP contribution >= 0.6 is 0 Å². The first-order chi connectivity index (χ1) is 16.1. The summed E-state index contributed by atoms with van der Waals surface area (Å²) in [7, 11) is -1.72. The summed E-state index contributed by atoms with van der Waals surface area (Å²) in [5.74, 6) is -0.185. The maximum absolute atomic E-state index is 13.6. The van der Waals surface area contributed by atoms with Gasteiger partial charge in [0.1, 0.15) is 6.54 Å². The van der Waals surface area contributed by atoms with E-state index in [0.29, 0.717) is 10.4 Å². The van der Waals surface area contributed by atoms with E-state index in [2.05, 4.69) is 5.32 Å². The first-order valence-electron chi connectivity index (χ1n) is 10.8. The number of ether oxygens (including phenoxy) is 2. The number of nitrogens with zero attached hydrogens (tertiary/aromatic N) is 1. The Balaban J connectivity index is 2.01. The fourth-order valence-corrected chi connectivity index (χ4v) is 5.34. The number of hydrogen-bond acceptors (Lipinski definition) is 5. The molecule has 2 aromatic carbocycles. The Hall–Kier alpha value is -2.95. The average Bonchev–Trinajstić information content (AvgIpc) is 2.82. The molecule has 1 aliphatic rings. The molecule has 1 saturated carbocycles. The van der Waals surface area contributed by atoms with Crippen LogP contribution in [0.4, 0.5) is 18.9 Å². The van der Waals surface area contributed by atoms with Gasteiger partial charge in [0.2, 0.25) is 5.91 Å². The molecule has 1 N–H and O–H groups in total. The van der Waals surface area contributed by atoms with Crippen molar-refractivity contribution in [2.45, 2.75) is 49.2 Å². The summed E-state index contributed by atoms with van der Waals surface area (Å²) < 4.78 is 78.1. The minimum absolute atomic E-state index is 0.0894. The number of nitrogens with one attached hydrogen (secondary N) is 1. The molecule has 34 heavy (non-hydrogen) atoms. The zero-order chi connectivity index (χ0) is 24.9. The van der Waals surface area contributed by atoms with Gasteiger partial charge in [-0.15, -0.1) is 0 Å². The largest absolute Gasteiger partial charge is 0.493 e. The Morgan fingerprint density at radius 2 is 1.71 bits per heavy atom. The van der Waals surface area contributed by atoms with Crippen molar-refractivity contribution in [3.05, 3.63) is 48.0 Å². The van der Waals surface area contributed by atoms with Crippen LogP contribution in [0.25, 0.3) is 0 Å². The minimum atomic E-state index is -4.68. The summed E-state index contributed by atoms with van der Waals surface area (Å²) in [6.07, 6.45) is -0.163. The van der Waals surface area contributed by atoms with Crippen molar-refractivity contribution < 1.29 is 35.9 Å². The summed E-state index contributed by atoms with van der Waals surface area (Å²) in [5.41, 5.74) is -1.30. The van der Waals surface area contributed by atoms with Gasteiger partial charge in [-0.2, -0.15) is 13.2 Å². The van der Waals surface area contributed by atoms with Gasteiger partial charge >= 0.3 is 6.18 Å². The molecule has 0 aliphatic heterocycles. The molecule has 0 unspecified atom stereocenters. The second kappa shape index (κ2) is 10.5. The van der Waals surface area contributed by atoms with Crippen molar-refractivity contribution in [3.8, 4) is 11.5 Å². The van der Waals surface area contributed by atoms with Gasteiger partial charge in [-0.05, 0) is 43.2 Å². The smallest absolute Gasteiger partial charge is 0.416 e. The highest BCUT2D eigenvalue weighted by atomic mass is 32.2.